The van der Waals surface area contributed by atoms with Crippen LogP contribution >= 0.6 is 15.9 Å². The van der Waals surface area contributed by atoms with E-state index in [9.17, 15) is 0 Å². The van der Waals surface area contributed by atoms with Crippen molar-refractivity contribution in [3.05, 3.63) is 28.3 Å². The van der Waals surface area contributed by atoms with Crippen molar-refractivity contribution in [1.29, 1.82) is 0 Å². The molecule has 6 rings (SSSR count). The fourth-order valence-corrected chi connectivity index (χ4v) is 5.32. The van der Waals surface area contributed by atoms with Crippen molar-refractivity contribution in [2.24, 2.45) is 7.05 Å². The average Bonchev–Trinajstić information content (AvgIpc) is 3.68. The summed E-state index contributed by atoms with van der Waals surface area (Å²) in [5.41, 5.74) is 4.53. The molecule has 7 nitrogen and oxygen atoms in total. The predicted molar refractivity (Wildman–Crippen MR) is 119 cm³/mol. The van der Waals surface area contributed by atoms with Gasteiger partial charge in [0.2, 0.25) is 0 Å². The van der Waals surface area contributed by atoms with Crippen molar-refractivity contribution in [2.45, 2.75) is 44.1 Å². The number of aromatic nitrogens is 5. The van der Waals surface area contributed by atoms with Crippen LogP contribution in [0.2, 0.25) is 0 Å². The number of halogens is 1. The summed E-state index contributed by atoms with van der Waals surface area (Å²) in [5.74, 6) is 2.22. The van der Waals surface area contributed by atoms with Gasteiger partial charge in [0.1, 0.15) is 10.4 Å². The minimum Gasteiger partial charge on any atom is -0.379 e. The molecule has 0 aromatic carbocycles. The Hall–Kier alpha value is -1.77. The highest BCUT2D eigenvalue weighted by Gasteiger charge is 2.34. The van der Waals surface area contributed by atoms with E-state index in [4.69, 9.17) is 19.8 Å². The van der Waals surface area contributed by atoms with E-state index in [1.165, 1.54) is 42.6 Å². The molecular formula is C22H27BrN6O. The van der Waals surface area contributed by atoms with Crippen molar-refractivity contribution in [3.8, 4) is 11.4 Å². The highest BCUT2D eigenvalue weighted by molar-refractivity contribution is 9.10. The summed E-state index contributed by atoms with van der Waals surface area (Å²) in [6.45, 7) is 5.55. The lowest BCUT2D eigenvalue weighted by Crippen LogP contribution is -2.38. The van der Waals surface area contributed by atoms with Crippen molar-refractivity contribution in [3.63, 3.8) is 0 Å². The van der Waals surface area contributed by atoms with Gasteiger partial charge in [-0.1, -0.05) is 0 Å². The number of pyridine rings is 1. The van der Waals surface area contributed by atoms with E-state index >= 15 is 0 Å². The lowest BCUT2D eigenvalue weighted by atomic mass is 10.1. The smallest absolute Gasteiger partial charge is 0.181 e. The molecule has 30 heavy (non-hydrogen) atoms. The SMILES string of the molecule is Cn1c(-c2cc3cn(CCN4CCOCC4)nc3nc2C2CC2)nc(Br)c1C1CC1. The molecule has 0 amide bonds. The van der Waals surface area contributed by atoms with Gasteiger partial charge in [-0.05, 0) is 47.7 Å². The lowest BCUT2D eigenvalue weighted by Gasteiger charge is -2.26. The Kier molecular flexibility index (Phi) is 4.69. The molecule has 0 radical (unpaired) electrons. The Labute approximate surface area is 184 Å². The van der Waals surface area contributed by atoms with Crippen molar-refractivity contribution < 1.29 is 4.74 Å². The van der Waals surface area contributed by atoms with Crippen LogP contribution in [0.1, 0.15) is 48.9 Å². The molecule has 3 aliphatic rings. The molecule has 2 saturated carbocycles. The quantitative estimate of drug-likeness (QED) is 0.549. The molecule has 0 bridgehead atoms. The summed E-state index contributed by atoms with van der Waals surface area (Å²) in [4.78, 5) is 12.4. The normalized spacial score (nSPS) is 20.3. The molecule has 158 valence electrons. The summed E-state index contributed by atoms with van der Waals surface area (Å²) < 4.78 is 10.8. The summed E-state index contributed by atoms with van der Waals surface area (Å²) in [7, 11) is 2.15. The number of rotatable bonds is 6. The van der Waals surface area contributed by atoms with Crippen LogP contribution in [-0.4, -0.2) is 62.1 Å². The Morgan fingerprint density at radius 2 is 1.83 bits per heavy atom. The fraction of sp³-hybridized carbons (Fsp3) is 0.591. The number of imidazole rings is 1. The van der Waals surface area contributed by atoms with Crippen LogP contribution in [-0.2, 0) is 18.3 Å². The third-order valence-electron chi connectivity index (χ3n) is 6.58. The monoisotopic (exact) mass is 470 g/mol. The van der Waals surface area contributed by atoms with Crippen molar-refractivity contribution >= 4 is 27.0 Å². The van der Waals surface area contributed by atoms with E-state index in [2.05, 4.69) is 49.4 Å². The minimum atomic E-state index is 0.544. The zero-order chi connectivity index (χ0) is 20.2. The second kappa shape index (κ2) is 7.43. The number of hydrogen-bond donors (Lipinski definition) is 0. The predicted octanol–water partition coefficient (Wildman–Crippen LogP) is 3.68. The van der Waals surface area contributed by atoms with Gasteiger partial charge >= 0.3 is 0 Å². The first-order chi connectivity index (χ1) is 14.7. The number of nitrogens with zero attached hydrogens (tertiary/aromatic N) is 6. The van der Waals surface area contributed by atoms with Gasteiger partial charge in [-0.3, -0.25) is 9.58 Å². The van der Waals surface area contributed by atoms with E-state index in [1.807, 2.05) is 0 Å². The fourth-order valence-electron chi connectivity index (χ4n) is 4.57. The van der Waals surface area contributed by atoms with Crippen LogP contribution < -0.4 is 0 Å². The van der Waals surface area contributed by atoms with Gasteiger partial charge in [-0.15, -0.1) is 0 Å². The number of morpholine rings is 1. The molecule has 1 saturated heterocycles. The van der Waals surface area contributed by atoms with Gasteiger partial charge in [0.05, 0.1) is 31.1 Å². The van der Waals surface area contributed by atoms with Crippen LogP contribution in [0.4, 0.5) is 0 Å². The Morgan fingerprint density at radius 3 is 2.57 bits per heavy atom. The number of hydrogen-bond acceptors (Lipinski definition) is 5. The van der Waals surface area contributed by atoms with Gasteiger partial charge < -0.3 is 9.30 Å². The number of ether oxygens (including phenoxy) is 1. The molecule has 4 heterocycles. The molecule has 3 aromatic heterocycles. The molecule has 8 heteroatoms. The zero-order valence-corrected chi connectivity index (χ0v) is 18.9. The zero-order valence-electron chi connectivity index (χ0n) is 17.3. The van der Waals surface area contributed by atoms with Crippen LogP contribution in [0.5, 0.6) is 0 Å². The molecule has 3 fully saturated rings. The first kappa shape index (κ1) is 19.0. The van der Waals surface area contributed by atoms with Crippen LogP contribution in [0.3, 0.4) is 0 Å². The van der Waals surface area contributed by atoms with Crippen molar-refractivity contribution in [2.75, 3.05) is 32.8 Å². The van der Waals surface area contributed by atoms with Crippen LogP contribution in [0.15, 0.2) is 16.9 Å². The lowest BCUT2D eigenvalue weighted by molar-refractivity contribution is 0.0360. The van der Waals surface area contributed by atoms with Crippen molar-refractivity contribution in [1.82, 2.24) is 29.2 Å². The molecule has 0 unspecified atom stereocenters. The maximum atomic E-state index is 5.45. The Morgan fingerprint density at radius 1 is 1.07 bits per heavy atom. The Balaban J connectivity index is 1.34. The van der Waals surface area contributed by atoms with E-state index in [0.29, 0.717) is 11.8 Å². The molecule has 2 aliphatic carbocycles. The standard InChI is InChI=1S/C22H27BrN6O/c1-27-19(15-4-5-15)20(23)25-22(27)17-12-16-13-29(7-6-28-8-10-30-11-9-28)26-21(16)24-18(17)14-2-3-14/h12-15H,2-11H2,1H3. The molecule has 0 spiro atoms. The largest absolute Gasteiger partial charge is 0.379 e. The van der Waals surface area contributed by atoms with Gasteiger partial charge in [-0.2, -0.15) is 5.10 Å². The molecule has 1 aliphatic heterocycles. The highest BCUT2D eigenvalue weighted by atomic mass is 79.9. The third kappa shape index (κ3) is 3.48. The van der Waals surface area contributed by atoms with Gasteiger partial charge in [0.25, 0.3) is 0 Å². The second-order valence-electron chi connectivity index (χ2n) is 8.90. The molecule has 0 atom stereocenters. The van der Waals surface area contributed by atoms with E-state index in [-0.39, 0.29) is 0 Å². The van der Waals surface area contributed by atoms with Crippen LogP contribution in [0.25, 0.3) is 22.4 Å². The first-order valence-corrected chi connectivity index (χ1v) is 11.9. The maximum absolute atomic E-state index is 5.45. The number of fused-ring (bicyclic) bond motifs is 1. The van der Waals surface area contributed by atoms with E-state index in [0.717, 1.165) is 60.9 Å². The average molecular weight is 471 g/mol. The molecule has 0 N–H and O–H groups in total. The minimum absolute atomic E-state index is 0.544. The topological polar surface area (TPSA) is 61.0 Å². The summed E-state index contributed by atoms with van der Waals surface area (Å²) in [6, 6.07) is 2.26. The van der Waals surface area contributed by atoms with Crippen LogP contribution in [0, 0.1) is 0 Å². The highest BCUT2D eigenvalue weighted by Crippen LogP contribution is 2.47. The van der Waals surface area contributed by atoms with Gasteiger partial charge in [0, 0.05) is 55.7 Å². The first-order valence-electron chi connectivity index (χ1n) is 11.1. The summed E-state index contributed by atoms with van der Waals surface area (Å²) in [5, 5.41) is 5.90. The maximum Gasteiger partial charge on any atom is 0.181 e. The summed E-state index contributed by atoms with van der Waals surface area (Å²) >= 11 is 3.71. The van der Waals surface area contributed by atoms with Gasteiger partial charge in [-0.25, -0.2) is 9.97 Å². The third-order valence-corrected chi connectivity index (χ3v) is 7.17. The molecular weight excluding hydrogens is 444 g/mol. The van der Waals surface area contributed by atoms with E-state index < -0.39 is 0 Å². The van der Waals surface area contributed by atoms with E-state index in [1.54, 1.807) is 0 Å². The molecule has 3 aromatic rings. The Bertz CT molecular complexity index is 1090. The van der Waals surface area contributed by atoms with Gasteiger partial charge in [0.15, 0.2) is 5.65 Å². The second-order valence-corrected chi connectivity index (χ2v) is 9.65. The summed E-state index contributed by atoms with van der Waals surface area (Å²) in [6.07, 6.45) is 7.10.